The molecule has 0 spiro atoms. The molecule has 1 aliphatic rings. The second-order valence-corrected chi connectivity index (χ2v) is 7.87. The van der Waals surface area contributed by atoms with Gasteiger partial charge in [-0.3, -0.25) is 4.79 Å². The zero-order valence-corrected chi connectivity index (χ0v) is 14.2. The molecule has 0 radical (unpaired) electrons. The number of ether oxygens (including phenoxy) is 1. The van der Waals surface area contributed by atoms with Crippen LogP contribution in [0.4, 0.5) is 5.69 Å². The molecule has 0 saturated carbocycles. The van der Waals surface area contributed by atoms with E-state index in [1.807, 2.05) is 24.3 Å². The lowest BCUT2D eigenvalue weighted by molar-refractivity contribution is -0.122. The molecule has 0 fully saturated rings. The normalized spacial score (nSPS) is 16.5. The fourth-order valence-electron chi connectivity index (χ4n) is 2.50. The Balaban J connectivity index is 1.75. The third kappa shape index (κ3) is 3.13. The quantitative estimate of drug-likeness (QED) is 0.917. The number of rotatable bonds is 4. The molecule has 126 valence electrons. The lowest BCUT2D eigenvalue weighted by Crippen LogP contribution is -2.31. The number of carbonyl (C=O) groups excluding carboxylic acids is 1. The summed E-state index contributed by atoms with van der Waals surface area (Å²) >= 11 is 0. The van der Waals surface area contributed by atoms with Gasteiger partial charge in [-0.25, -0.2) is 12.7 Å². The fourth-order valence-corrected chi connectivity index (χ4v) is 3.44. The van der Waals surface area contributed by atoms with E-state index < -0.39 is 16.1 Å². The maximum Gasteiger partial charge on any atom is 0.265 e. The van der Waals surface area contributed by atoms with Gasteiger partial charge in [-0.05, 0) is 29.8 Å². The van der Waals surface area contributed by atoms with E-state index in [1.165, 1.54) is 26.2 Å². The van der Waals surface area contributed by atoms with Crippen LogP contribution in [-0.2, 0) is 21.2 Å². The van der Waals surface area contributed by atoms with Crippen molar-refractivity contribution >= 4 is 21.6 Å². The van der Waals surface area contributed by atoms with Crippen LogP contribution in [0.3, 0.4) is 0 Å². The van der Waals surface area contributed by atoms with Crippen LogP contribution >= 0.6 is 0 Å². The number of amides is 1. The van der Waals surface area contributed by atoms with Gasteiger partial charge < -0.3 is 10.1 Å². The monoisotopic (exact) mass is 346 g/mol. The van der Waals surface area contributed by atoms with Gasteiger partial charge in [0.25, 0.3) is 5.91 Å². The van der Waals surface area contributed by atoms with Crippen LogP contribution in [0.25, 0.3) is 0 Å². The van der Waals surface area contributed by atoms with E-state index >= 15 is 0 Å². The zero-order valence-electron chi connectivity index (χ0n) is 13.4. The Bertz CT molecular complexity index is 853. The average molecular weight is 346 g/mol. The maximum absolute atomic E-state index is 12.4. The minimum atomic E-state index is -3.55. The lowest BCUT2D eigenvalue weighted by atomic mass is 10.1. The third-order valence-corrected chi connectivity index (χ3v) is 5.63. The second kappa shape index (κ2) is 6.26. The van der Waals surface area contributed by atoms with Crippen molar-refractivity contribution in [1.29, 1.82) is 0 Å². The molecule has 1 N–H and O–H groups in total. The van der Waals surface area contributed by atoms with Gasteiger partial charge >= 0.3 is 0 Å². The van der Waals surface area contributed by atoms with Gasteiger partial charge in [-0.15, -0.1) is 0 Å². The van der Waals surface area contributed by atoms with Crippen molar-refractivity contribution in [3.63, 3.8) is 0 Å². The average Bonchev–Trinajstić information content (AvgIpc) is 2.99. The van der Waals surface area contributed by atoms with E-state index in [-0.39, 0.29) is 10.8 Å². The van der Waals surface area contributed by atoms with Gasteiger partial charge in [0.1, 0.15) is 5.75 Å². The summed E-state index contributed by atoms with van der Waals surface area (Å²) in [7, 11) is -0.622. The van der Waals surface area contributed by atoms with E-state index in [0.29, 0.717) is 17.9 Å². The van der Waals surface area contributed by atoms with Crippen LogP contribution in [0.2, 0.25) is 0 Å². The molecule has 0 bridgehead atoms. The van der Waals surface area contributed by atoms with Crippen molar-refractivity contribution in [3.8, 4) is 5.75 Å². The number of nitrogens with zero attached hydrogens (tertiary/aromatic N) is 1. The molecule has 2 aromatic carbocycles. The summed E-state index contributed by atoms with van der Waals surface area (Å²) in [5.41, 5.74) is 1.41. The number of sulfonamides is 1. The van der Waals surface area contributed by atoms with Gasteiger partial charge in [0, 0.05) is 26.2 Å². The molecular weight excluding hydrogens is 328 g/mol. The molecule has 24 heavy (non-hydrogen) atoms. The minimum absolute atomic E-state index is 0.126. The van der Waals surface area contributed by atoms with Crippen LogP contribution in [0.5, 0.6) is 5.75 Å². The first-order chi connectivity index (χ1) is 11.4. The lowest BCUT2D eigenvalue weighted by Gasteiger charge is -2.14. The van der Waals surface area contributed by atoms with Crippen LogP contribution in [0.15, 0.2) is 53.4 Å². The highest BCUT2D eigenvalue weighted by molar-refractivity contribution is 7.89. The smallest absolute Gasteiger partial charge is 0.265 e. The van der Waals surface area contributed by atoms with Crippen molar-refractivity contribution in [3.05, 3.63) is 54.1 Å². The predicted octanol–water partition coefficient (Wildman–Crippen LogP) is 1.88. The Morgan fingerprint density at radius 1 is 1.17 bits per heavy atom. The summed E-state index contributed by atoms with van der Waals surface area (Å²) in [5.74, 6) is 0.409. The molecule has 3 rings (SSSR count). The molecule has 1 amide bonds. The van der Waals surface area contributed by atoms with E-state index in [0.717, 1.165) is 9.87 Å². The van der Waals surface area contributed by atoms with Gasteiger partial charge in [-0.2, -0.15) is 0 Å². The minimum Gasteiger partial charge on any atom is -0.480 e. The number of para-hydroxylation sites is 1. The number of anilines is 1. The molecule has 2 aromatic rings. The topological polar surface area (TPSA) is 75.7 Å². The zero-order chi connectivity index (χ0) is 17.3. The SMILES string of the molecule is CN(C)S(=O)(=O)c1cccc(NC(=O)[C@H]2Cc3ccccc3O2)c1. The predicted molar refractivity (Wildman–Crippen MR) is 90.5 cm³/mol. The highest BCUT2D eigenvalue weighted by Crippen LogP contribution is 2.28. The Hall–Kier alpha value is -2.38. The van der Waals surface area contributed by atoms with Crippen LogP contribution in [-0.4, -0.2) is 38.8 Å². The molecular formula is C17H18N2O4S. The van der Waals surface area contributed by atoms with Crippen LogP contribution in [0.1, 0.15) is 5.56 Å². The first kappa shape index (κ1) is 16.5. The van der Waals surface area contributed by atoms with Gasteiger partial charge in [0.15, 0.2) is 6.10 Å². The van der Waals surface area contributed by atoms with E-state index in [9.17, 15) is 13.2 Å². The number of nitrogens with one attached hydrogen (secondary N) is 1. The molecule has 1 atom stereocenters. The summed E-state index contributed by atoms with van der Waals surface area (Å²) in [6, 6.07) is 13.7. The van der Waals surface area contributed by atoms with Crippen LogP contribution in [0, 0.1) is 0 Å². The van der Waals surface area contributed by atoms with Crippen LogP contribution < -0.4 is 10.1 Å². The third-order valence-electron chi connectivity index (χ3n) is 3.82. The van der Waals surface area contributed by atoms with Crippen molar-refractivity contribution in [1.82, 2.24) is 4.31 Å². The summed E-state index contributed by atoms with van der Waals surface area (Å²) in [6.07, 6.45) is -0.117. The van der Waals surface area contributed by atoms with E-state index in [4.69, 9.17) is 4.74 Å². The summed E-state index contributed by atoms with van der Waals surface area (Å²) in [5, 5.41) is 2.72. The number of carbonyl (C=O) groups is 1. The Labute approximate surface area is 141 Å². The summed E-state index contributed by atoms with van der Waals surface area (Å²) in [6.45, 7) is 0. The first-order valence-corrected chi connectivity index (χ1v) is 8.90. The van der Waals surface area contributed by atoms with Crippen molar-refractivity contribution in [2.24, 2.45) is 0 Å². The Morgan fingerprint density at radius 2 is 1.92 bits per heavy atom. The molecule has 1 aliphatic heterocycles. The summed E-state index contributed by atoms with van der Waals surface area (Å²) in [4.78, 5) is 12.5. The molecule has 0 saturated heterocycles. The largest absolute Gasteiger partial charge is 0.480 e. The highest BCUT2D eigenvalue weighted by Gasteiger charge is 2.29. The van der Waals surface area contributed by atoms with Crippen molar-refractivity contribution in [2.75, 3.05) is 19.4 Å². The number of hydrogen-bond acceptors (Lipinski definition) is 4. The number of fused-ring (bicyclic) bond motifs is 1. The Morgan fingerprint density at radius 3 is 2.62 bits per heavy atom. The molecule has 0 unspecified atom stereocenters. The highest BCUT2D eigenvalue weighted by atomic mass is 32.2. The second-order valence-electron chi connectivity index (χ2n) is 5.72. The molecule has 0 aliphatic carbocycles. The molecule has 0 aromatic heterocycles. The molecule has 6 nitrogen and oxygen atoms in total. The van der Waals surface area contributed by atoms with E-state index in [1.54, 1.807) is 12.1 Å². The number of benzene rings is 2. The molecule has 7 heteroatoms. The van der Waals surface area contributed by atoms with Crippen molar-refractivity contribution in [2.45, 2.75) is 17.4 Å². The number of hydrogen-bond donors (Lipinski definition) is 1. The van der Waals surface area contributed by atoms with Gasteiger partial charge in [-0.1, -0.05) is 24.3 Å². The maximum atomic E-state index is 12.4. The van der Waals surface area contributed by atoms with E-state index in [2.05, 4.69) is 5.32 Å². The van der Waals surface area contributed by atoms with Gasteiger partial charge in [0.2, 0.25) is 10.0 Å². The summed E-state index contributed by atoms with van der Waals surface area (Å²) < 4.78 is 31.1. The molecule has 1 heterocycles. The Kier molecular flexibility index (Phi) is 4.29. The van der Waals surface area contributed by atoms with Gasteiger partial charge in [0.05, 0.1) is 4.90 Å². The fraction of sp³-hybridized carbons (Fsp3) is 0.235. The standard InChI is InChI=1S/C17H18N2O4S/c1-19(2)24(21,22)14-8-5-7-13(11-14)18-17(20)16-10-12-6-3-4-9-15(12)23-16/h3-9,11,16H,10H2,1-2H3,(H,18,20)/t16-/m1/s1. The van der Waals surface area contributed by atoms with Crippen molar-refractivity contribution < 1.29 is 17.9 Å². The first-order valence-electron chi connectivity index (χ1n) is 7.46.